The van der Waals surface area contributed by atoms with E-state index in [-0.39, 0.29) is 5.91 Å². The van der Waals surface area contributed by atoms with E-state index in [2.05, 4.69) is 36.4 Å². The summed E-state index contributed by atoms with van der Waals surface area (Å²) in [6.45, 7) is 0.828. The number of para-hydroxylation sites is 1. The second-order valence-electron chi connectivity index (χ2n) is 6.00. The highest BCUT2D eigenvalue weighted by Gasteiger charge is 2.28. The standard InChI is InChI=1S/C19H19NOS/c21-19(13-15-10-9-14-5-1-2-6-16(14)15)20-11-12-22-18-8-4-3-7-17(18)20/h1-8,15H,9-13H2. The first-order chi connectivity index (χ1) is 10.8. The van der Waals surface area contributed by atoms with Crippen LogP contribution in [0.25, 0.3) is 0 Å². The van der Waals surface area contributed by atoms with Gasteiger partial charge in [-0.15, -0.1) is 11.8 Å². The summed E-state index contributed by atoms with van der Waals surface area (Å²) in [7, 11) is 0. The summed E-state index contributed by atoms with van der Waals surface area (Å²) < 4.78 is 0. The number of fused-ring (bicyclic) bond motifs is 2. The summed E-state index contributed by atoms with van der Waals surface area (Å²) >= 11 is 1.85. The molecule has 1 unspecified atom stereocenters. The Bertz CT molecular complexity index is 712. The Kier molecular flexibility index (Phi) is 3.67. The minimum atomic E-state index is 0.273. The number of thioether (sulfide) groups is 1. The van der Waals surface area contributed by atoms with Gasteiger partial charge in [-0.25, -0.2) is 0 Å². The van der Waals surface area contributed by atoms with E-state index in [9.17, 15) is 4.79 Å². The number of carbonyl (C=O) groups is 1. The van der Waals surface area contributed by atoms with Crippen LogP contribution in [0.5, 0.6) is 0 Å². The molecule has 112 valence electrons. The summed E-state index contributed by atoms with van der Waals surface area (Å²) in [6, 6.07) is 16.8. The molecule has 0 aromatic heterocycles. The normalized spacial score (nSPS) is 19.6. The summed E-state index contributed by atoms with van der Waals surface area (Å²) in [6.07, 6.45) is 2.85. The molecule has 0 radical (unpaired) electrons. The number of carbonyl (C=O) groups excluding carboxylic acids is 1. The largest absolute Gasteiger partial charge is 0.310 e. The molecule has 3 heteroatoms. The molecule has 1 amide bonds. The van der Waals surface area contributed by atoms with E-state index in [1.165, 1.54) is 16.0 Å². The Morgan fingerprint density at radius 2 is 1.95 bits per heavy atom. The van der Waals surface area contributed by atoms with Gasteiger partial charge >= 0.3 is 0 Å². The van der Waals surface area contributed by atoms with Gasteiger partial charge in [-0.1, -0.05) is 36.4 Å². The van der Waals surface area contributed by atoms with Crippen molar-refractivity contribution in [3.63, 3.8) is 0 Å². The van der Waals surface area contributed by atoms with E-state index in [4.69, 9.17) is 0 Å². The Morgan fingerprint density at radius 1 is 1.14 bits per heavy atom. The van der Waals surface area contributed by atoms with Gasteiger partial charge in [0.25, 0.3) is 0 Å². The highest BCUT2D eigenvalue weighted by atomic mass is 32.2. The molecule has 0 saturated heterocycles. The summed E-state index contributed by atoms with van der Waals surface area (Å²) in [4.78, 5) is 16.1. The molecule has 1 heterocycles. The molecule has 0 spiro atoms. The van der Waals surface area contributed by atoms with Crippen molar-refractivity contribution in [2.45, 2.75) is 30.1 Å². The van der Waals surface area contributed by atoms with Gasteiger partial charge in [0, 0.05) is 23.6 Å². The zero-order valence-corrected chi connectivity index (χ0v) is 13.3. The zero-order valence-electron chi connectivity index (χ0n) is 12.5. The number of aryl methyl sites for hydroxylation is 1. The second-order valence-corrected chi connectivity index (χ2v) is 7.14. The van der Waals surface area contributed by atoms with Crippen LogP contribution in [-0.2, 0) is 11.2 Å². The Morgan fingerprint density at radius 3 is 2.91 bits per heavy atom. The quantitative estimate of drug-likeness (QED) is 0.827. The maximum absolute atomic E-state index is 12.8. The molecule has 0 bridgehead atoms. The SMILES string of the molecule is O=C(CC1CCc2ccccc21)N1CCSc2ccccc21. The van der Waals surface area contributed by atoms with E-state index < -0.39 is 0 Å². The van der Waals surface area contributed by atoms with E-state index in [0.29, 0.717) is 12.3 Å². The van der Waals surface area contributed by atoms with Gasteiger partial charge in [0.2, 0.25) is 5.91 Å². The number of hydrogen-bond acceptors (Lipinski definition) is 2. The number of rotatable bonds is 2. The summed E-state index contributed by atoms with van der Waals surface area (Å²) in [5.74, 6) is 1.66. The number of nitrogens with zero attached hydrogens (tertiary/aromatic N) is 1. The first-order valence-corrected chi connectivity index (χ1v) is 8.91. The van der Waals surface area contributed by atoms with Gasteiger partial charge in [-0.05, 0) is 42.0 Å². The molecule has 1 atom stereocenters. The molecule has 0 fully saturated rings. The third-order valence-corrected chi connectivity index (χ3v) is 5.75. The maximum Gasteiger partial charge on any atom is 0.227 e. The predicted molar refractivity (Wildman–Crippen MR) is 91.6 cm³/mol. The topological polar surface area (TPSA) is 20.3 Å². The molecule has 22 heavy (non-hydrogen) atoms. The number of amides is 1. The smallest absolute Gasteiger partial charge is 0.227 e. The number of hydrogen-bond donors (Lipinski definition) is 0. The predicted octanol–water partition coefficient (Wildman–Crippen LogP) is 4.25. The fourth-order valence-corrected chi connectivity index (χ4v) is 4.60. The van der Waals surface area contributed by atoms with Crippen LogP contribution in [0.3, 0.4) is 0 Å². The van der Waals surface area contributed by atoms with Gasteiger partial charge < -0.3 is 4.90 Å². The lowest BCUT2D eigenvalue weighted by Gasteiger charge is -2.30. The molecular formula is C19H19NOS. The van der Waals surface area contributed by atoms with Crippen LogP contribution in [0.2, 0.25) is 0 Å². The lowest BCUT2D eigenvalue weighted by molar-refractivity contribution is -0.119. The van der Waals surface area contributed by atoms with Crippen LogP contribution in [0.1, 0.15) is 29.9 Å². The van der Waals surface area contributed by atoms with Crippen molar-refractivity contribution in [3.05, 3.63) is 59.7 Å². The van der Waals surface area contributed by atoms with Crippen LogP contribution >= 0.6 is 11.8 Å². The molecule has 1 aliphatic heterocycles. The molecule has 0 saturated carbocycles. The highest BCUT2D eigenvalue weighted by Crippen LogP contribution is 2.38. The van der Waals surface area contributed by atoms with Crippen molar-refractivity contribution < 1.29 is 4.79 Å². The monoisotopic (exact) mass is 309 g/mol. The first-order valence-electron chi connectivity index (χ1n) is 7.93. The van der Waals surface area contributed by atoms with Gasteiger partial charge in [0.15, 0.2) is 0 Å². The van der Waals surface area contributed by atoms with Crippen LogP contribution < -0.4 is 4.90 Å². The van der Waals surface area contributed by atoms with Crippen LogP contribution in [0.15, 0.2) is 53.4 Å². The Labute approximate surface area is 135 Å². The molecule has 2 aromatic rings. The maximum atomic E-state index is 12.8. The Hall–Kier alpha value is -1.74. The van der Waals surface area contributed by atoms with Crippen LogP contribution in [-0.4, -0.2) is 18.2 Å². The minimum Gasteiger partial charge on any atom is -0.310 e. The molecule has 1 aliphatic carbocycles. The lowest BCUT2D eigenvalue weighted by Crippen LogP contribution is -2.36. The summed E-state index contributed by atoms with van der Waals surface area (Å²) in [5.41, 5.74) is 3.90. The van der Waals surface area contributed by atoms with Crippen molar-refractivity contribution in [1.82, 2.24) is 0 Å². The fourth-order valence-electron chi connectivity index (χ4n) is 3.61. The number of anilines is 1. The molecule has 2 nitrogen and oxygen atoms in total. The van der Waals surface area contributed by atoms with Crippen molar-refractivity contribution in [2.75, 3.05) is 17.2 Å². The first kappa shape index (κ1) is 13.9. The van der Waals surface area contributed by atoms with Crippen molar-refractivity contribution in [1.29, 1.82) is 0 Å². The average molecular weight is 309 g/mol. The van der Waals surface area contributed by atoms with E-state index in [1.807, 2.05) is 28.8 Å². The fraction of sp³-hybridized carbons (Fsp3) is 0.316. The zero-order chi connectivity index (χ0) is 14.9. The van der Waals surface area contributed by atoms with Crippen molar-refractivity contribution in [2.24, 2.45) is 0 Å². The lowest BCUT2D eigenvalue weighted by atomic mass is 9.97. The molecule has 2 aromatic carbocycles. The Balaban J connectivity index is 1.55. The van der Waals surface area contributed by atoms with Gasteiger partial charge in [-0.2, -0.15) is 0 Å². The van der Waals surface area contributed by atoms with Crippen molar-refractivity contribution in [3.8, 4) is 0 Å². The minimum absolute atomic E-state index is 0.273. The average Bonchev–Trinajstić information content (AvgIpc) is 2.97. The summed E-state index contributed by atoms with van der Waals surface area (Å²) in [5, 5.41) is 0. The van der Waals surface area contributed by atoms with Crippen LogP contribution in [0.4, 0.5) is 5.69 Å². The van der Waals surface area contributed by atoms with E-state index in [1.54, 1.807) is 0 Å². The van der Waals surface area contributed by atoms with E-state index in [0.717, 1.165) is 30.8 Å². The molecule has 0 N–H and O–H groups in total. The molecular weight excluding hydrogens is 290 g/mol. The van der Waals surface area contributed by atoms with Gasteiger partial charge in [-0.3, -0.25) is 4.79 Å². The molecule has 2 aliphatic rings. The van der Waals surface area contributed by atoms with Crippen LogP contribution in [0, 0.1) is 0 Å². The van der Waals surface area contributed by atoms with E-state index >= 15 is 0 Å². The third-order valence-electron chi connectivity index (χ3n) is 4.71. The number of benzene rings is 2. The highest BCUT2D eigenvalue weighted by molar-refractivity contribution is 7.99. The van der Waals surface area contributed by atoms with Gasteiger partial charge in [0.1, 0.15) is 0 Å². The van der Waals surface area contributed by atoms with Crippen molar-refractivity contribution >= 4 is 23.4 Å². The third kappa shape index (κ3) is 2.44. The van der Waals surface area contributed by atoms with Gasteiger partial charge in [0.05, 0.1) is 5.69 Å². The molecule has 4 rings (SSSR count). The second kappa shape index (κ2) is 5.81.